The van der Waals surface area contributed by atoms with Crippen LogP contribution in [0.4, 0.5) is 0 Å². The predicted octanol–water partition coefficient (Wildman–Crippen LogP) is 0.908. The quantitative estimate of drug-likeness (QED) is 0.622. The van der Waals surface area contributed by atoms with E-state index in [0.29, 0.717) is 5.75 Å². The van der Waals surface area contributed by atoms with E-state index in [2.05, 4.69) is 6.58 Å². The normalized spacial score (nSPS) is 11.2. The van der Waals surface area contributed by atoms with Crippen LogP contribution in [0.1, 0.15) is 0 Å². The summed E-state index contributed by atoms with van der Waals surface area (Å²) < 4.78 is 21.3. The minimum atomic E-state index is -2.94. The summed E-state index contributed by atoms with van der Waals surface area (Å²) in [6.45, 7) is 3.19. The first-order chi connectivity index (χ1) is 4.12. The number of hydrogen-bond acceptors (Lipinski definition) is 3. The van der Waals surface area contributed by atoms with E-state index in [1.54, 1.807) is 0 Å². The van der Waals surface area contributed by atoms with Gasteiger partial charge in [-0.25, -0.2) is 8.42 Å². The zero-order chi connectivity index (χ0) is 7.33. The average Bonchev–Trinajstić information content (AvgIpc) is 1.84. The third-order valence-electron chi connectivity index (χ3n) is 0.826. The summed E-state index contributed by atoms with van der Waals surface area (Å²) in [5.41, 5.74) is 0. The molecule has 0 saturated heterocycles. The Labute approximate surface area is 60.3 Å². The minimum absolute atomic E-state index is 0.206. The van der Waals surface area contributed by atoms with Crippen LogP contribution < -0.4 is 0 Å². The van der Waals surface area contributed by atoms with Gasteiger partial charge in [0.15, 0.2) is 9.84 Å². The van der Waals surface area contributed by atoms with Crippen LogP contribution in [0, 0.1) is 0 Å². The van der Waals surface area contributed by atoms with Gasteiger partial charge >= 0.3 is 0 Å². The molecule has 0 aromatic heterocycles. The molecule has 0 radical (unpaired) electrons. The Morgan fingerprint density at radius 3 is 2.56 bits per heavy atom. The molecule has 0 aliphatic carbocycles. The van der Waals surface area contributed by atoms with Crippen molar-refractivity contribution in [1.29, 1.82) is 0 Å². The molecule has 0 heterocycles. The molecule has 0 amide bonds. The summed E-state index contributed by atoms with van der Waals surface area (Å²) in [4.78, 5) is 0. The van der Waals surface area contributed by atoms with E-state index in [0.717, 1.165) is 5.41 Å². The molecule has 0 saturated carbocycles. The van der Waals surface area contributed by atoms with Gasteiger partial charge in [-0.3, -0.25) is 0 Å². The van der Waals surface area contributed by atoms with Crippen LogP contribution >= 0.6 is 11.8 Å². The predicted molar refractivity (Wildman–Crippen MR) is 42.4 cm³/mol. The van der Waals surface area contributed by atoms with Gasteiger partial charge in [0.1, 0.15) is 0 Å². The lowest BCUT2D eigenvalue weighted by Crippen LogP contribution is -2.03. The van der Waals surface area contributed by atoms with Gasteiger partial charge < -0.3 is 0 Å². The summed E-state index contributed by atoms with van der Waals surface area (Å²) in [5, 5.41) is 1.00. The Morgan fingerprint density at radius 2 is 2.22 bits per heavy atom. The highest BCUT2D eigenvalue weighted by atomic mass is 32.2. The first-order valence-electron chi connectivity index (χ1n) is 2.46. The third kappa shape index (κ3) is 4.54. The van der Waals surface area contributed by atoms with E-state index < -0.39 is 9.84 Å². The fourth-order valence-electron chi connectivity index (χ4n) is 0.283. The van der Waals surface area contributed by atoms with E-state index in [1.807, 2.05) is 6.26 Å². The van der Waals surface area contributed by atoms with Crippen molar-refractivity contribution in [3.05, 3.63) is 12.0 Å². The van der Waals surface area contributed by atoms with E-state index in [9.17, 15) is 8.42 Å². The highest BCUT2D eigenvalue weighted by Crippen LogP contribution is 1.96. The smallest absolute Gasteiger partial charge is 0.171 e. The molecule has 0 aromatic carbocycles. The van der Waals surface area contributed by atoms with Crippen molar-refractivity contribution in [2.45, 2.75) is 0 Å². The Bertz CT molecular complexity index is 169. The molecule has 0 aliphatic heterocycles. The number of hydrogen-bond donors (Lipinski definition) is 0. The second-order valence-electron chi connectivity index (χ2n) is 1.53. The molecule has 0 atom stereocenters. The van der Waals surface area contributed by atoms with Crippen LogP contribution in [-0.4, -0.2) is 26.2 Å². The van der Waals surface area contributed by atoms with Crippen LogP contribution in [0.2, 0.25) is 0 Å². The molecule has 0 bridgehead atoms. The topological polar surface area (TPSA) is 34.1 Å². The number of sulfone groups is 1. The lowest BCUT2D eigenvalue weighted by Gasteiger charge is -1.92. The Morgan fingerprint density at radius 1 is 1.67 bits per heavy atom. The maximum atomic E-state index is 10.6. The average molecular weight is 166 g/mol. The second-order valence-corrected chi connectivity index (χ2v) is 4.58. The lowest BCUT2D eigenvalue weighted by atomic mass is 11.0. The SMILES string of the molecule is C=CS(=O)(=O)CCSC. The summed E-state index contributed by atoms with van der Waals surface area (Å²) in [7, 11) is -2.94. The summed E-state index contributed by atoms with van der Waals surface area (Å²) in [6, 6.07) is 0. The third-order valence-corrected chi connectivity index (χ3v) is 2.98. The van der Waals surface area contributed by atoms with Crippen molar-refractivity contribution < 1.29 is 8.42 Å². The van der Waals surface area contributed by atoms with Gasteiger partial charge in [-0.15, -0.1) is 0 Å². The maximum Gasteiger partial charge on any atom is 0.171 e. The van der Waals surface area contributed by atoms with Crippen molar-refractivity contribution >= 4 is 21.6 Å². The largest absolute Gasteiger partial charge is 0.224 e. The summed E-state index contributed by atoms with van der Waals surface area (Å²) in [5.74, 6) is 0.853. The molecule has 0 rings (SSSR count). The molecular formula is C5H10O2S2. The Balaban J connectivity index is 3.75. The summed E-state index contributed by atoms with van der Waals surface area (Å²) >= 11 is 1.52. The van der Waals surface area contributed by atoms with Crippen molar-refractivity contribution in [3.8, 4) is 0 Å². The molecule has 0 aromatic rings. The standard InChI is InChI=1S/C5H10O2S2/c1-3-9(6,7)5-4-8-2/h3H,1,4-5H2,2H3. The van der Waals surface area contributed by atoms with Crippen molar-refractivity contribution in [3.63, 3.8) is 0 Å². The zero-order valence-electron chi connectivity index (χ0n) is 5.33. The monoisotopic (exact) mass is 166 g/mol. The van der Waals surface area contributed by atoms with Crippen molar-refractivity contribution in [2.75, 3.05) is 17.8 Å². The fourth-order valence-corrected chi connectivity index (χ4v) is 2.05. The molecule has 54 valence electrons. The molecule has 9 heavy (non-hydrogen) atoms. The summed E-state index contributed by atoms with van der Waals surface area (Å²) in [6.07, 6.45) is 1.87. The molecular weight excluding hydrogens is 156 g/mol. The van der Waals surface area contributed by atoms with Crippen molar-refractivity contribution in [1.82, 2.24) is 0 Å². The van der Waals surface area contributed by atoms with E-state index in [4.69, 9.17) is 0 Å². The molecule has 4 heteroatoms. The van der Waals surface area contributed by atoms with Crippen LogP contribution in [-0.2, 0) is 9.84 Å². The lowest BCUT2D eigenvalue weighted by molar-refractivity contribution is 0.606. The maximum absolute atomic E-state index is 10.6. The molecule has 0 spiro atoms. The number of thioether (sulfide) groups is 1. The van der Waals surface area contributed by atoms with Gasteiger partial charge in [-0.05, 0) is 6.26 Å². The van der Waals surface area contributed by atoms with Crippen LogP contribution in [0.5, 0.6) is 0 Å². The van der Waals surface area contributed by atoms with Gasteiger partial charge in [0.2, 0.25) is 0 Å². The van der Waals surface area contributed by atoms with Crippen molar-refractivity contribution in [2.24, 2.45) is 0 Å². The van der Waals surface area contributed by atoms with Gasteiger partial charge in [-0.2, -0.15) is 11.8 Å². The number of rotatable bonds is 4. The van der Waals surface area contributed by atoms with E-state index in [-0.39, 0.29) is 5.75 Å². The zero-order valence-corrected chi connectivity index (χ0v) is 6.96. The first-order valence-corrected chi connectivity index (χ1v) is 5.57. The van der Waals surface area contributed by atoms with Crippen LogP contribution in [0.25, 0.3) is 0 Å². The molecule has 2 nitrogen and oxygen atoms in total. The molecule has 0 unspecified atom stereocenters. The van der Waals surface area contributed by atoms with Crippen LogP contribution in [0.3, 0.4) is 0 Å². The minimum Gasteiger partial charge on any atom is -0.224 e. The highest BCUT2D eigenvalue weighted by Gasteiger charge is 2.01. The van der Waals surface area contributed by atoms with Gasteiger partial charge in [-0.1, -0.05) is 6.58 Å². The van der Waals surface area contributed by atoms with E-state index in [1.165, 1.54) is 11.8 Å². The van der Waals surface area contributed by atoms with E-state index >= 15 is 0 Å². The first kappa shape index (κ1) is 9.04. The fraction of sp³-hybridized carbons (Fsp3) is 0.600. The molecule has 0 N–H and O–H groups in total. The van der Waals surface area contributed by atoms with Gasteiger partial charge in [0.05, 0.1) is 5.75 Å². The Hall–Kier alpha value is 0.0400. The van der Waals surface area contributed by atoms with Gasteiger partial charge in [0.25, 0.3) is 0 Å². The highest BCUT2D eigenvalue weighted by molar-refractivity contribution is 8.00. The van der Waals surface area contributed by atoms with Gasteiger partial charge in [0, 0.05) is 11.2 Å². The second kappa shape index (κ2) is 3.95. The Kier molecular flexibility index (Phi) is 3.97. The molecule has 0 aliphatic rings. The van der Waals surface area contributed by atoms with Crippen LogP contribution in [0.15, 0.2) is 12.0 Å². The molecule has 0 fully saturated rings.